The highest BCUT2D eigenvalue weighted by molar-refractivity contribution is 6.02. The lowest BCUT2D eigenvalue weighted by atomic mass is 9.98. The topological polar surface area (TPSA) is 84.9 Å². The van der Waals surface area contributed by atoms with Gasteiger partial charge in [0.05, 0.1) is 5.56 Å². The molecule has 2 amide bonds. The molecule has 2 aromatic rings. The van der Waals surface area contributed by atoms with Crippen molar-refractivity contribution in [2.45, 2.75) is 31.3 Å². The maximum absolute atomic E-state index is 12.7. The summed E-state index contributed by atoms with van der Waals surface area (Å²) in [5.41, 5.74) is 1.30. The lowest BCUT2D eigenvalue weighted by molar-refractivity contribution is -0.274. The average molecular weight is 434 g/mol. The molecule has 2 atom stereocenters. The summed E-state index contributed by atoms with van der Waals surface area (Å²) in [6, 6.07) is 11.0. The number of fused-ring (bicyclic) bond motifs is 1. The van der Waals surface area contributed by atoms with Gasteiger partial charge in [-0.15, -0.1) is 13.2 Å². The van der Waals surface area contributed by atoms with Gasteiger partial charge in [-0.25, -0.2) is 4.79 Å². The van der Waals surface area contributed by atoms with Gasteiger partial charge in [-0.1, -0.05) is 24.3 Å². The van der Waals surface area contributed by atoms with E-state index in [0.717, 1.165) is 12.1 Å². The largest absolute Gasteiger partial charge is 0.573 e. The molecule has 0 spiro atoms. The summed E-state index contributed by atoms with van der Waals surface area (Å²) in [5, 5.41) is 2.58. The number of nitrogens with one attached hydrogen (secondary N) is 1. The van der Waals surface area contributed by atoms with E-state index in [1.165, 1.54) is 17.0 Å². The Kier molecular flexibility index (Phi) is 5.30. The number of carbonyl (C=O) groups excluding carboxylic acids is 3. The van der Waals surface area contributed by atoms with Crippen LogP contribution in [-0.2, 0) is 20.7 Å². The first-order chi connectivity index (χ1) is 14.7. The van der Waals surface area contributed by atoms with Gasteiger partial charge in [0.25, 0.3) is 5.91 Å². The van der Waals surface area contributed by atoms with Crippen molar-refractivity contribution in [3.63, 3.8) is 0 Å². The Morgan fingerprint density at radius 1 is 1.13 bits per heavy atom. The lowest BCUT2D eigenvalue weighted by Crippen LogP contribution is -2.48. The number of carbonyl (C=O) groups is 3. The molecule has 1 fully saturated rings. The van der Waals surface area contributed by atoms with Crippen molar-refractivity contribution in [1.29, 1.82) is 0 Å². The third-order valence-electron chi connectivity index (χ3n) is 5.07. The van der Waals surface area contributed by atoms with Crippen molar-refractivity contribution < 1.29 is 37.0 Å². The molecular weight excluding hydrogens is 417 g/mol. The first-order valence-electron chi connectivity index (χ1n) is 9.48. The molecular formula is C21H17F3N2O5. The summed E-state index contributed by atoms with van der Waals surface area (Å²) in [5.74, 6) is -2.13. The van der Waals surface area contributed by atoms with Crippen LogP contribution in [0.3, 0.4) is 0 Å². The maximum Gasteiger partial charge on any atom is 0.573 e. The number of hydrogen-bond acceptors (Lipinski definition) is 5. The summed E-state index contributed by atoms with van der Waals surface area (Å²) >= 11 is 0. The lowest BCUT2D eigenvalue weighted by Gasteiger charge is -2.25. The molecule has 1 saturated heterocycles. The quantitative estimate of drug-likeness (QED) is 0.748. The van der Waals surface area contributed by atoms with Gasteiger partial charge < -0.3 is 19.7 Å². The minimum absolute atomic E-state index is 0.190. The van der Waals surface area contributed by atoms with Gasteiger partial charge in [0.2, 0.25) is 5.91 Å². The summed E-state index contributed by atoms with van der Waals surface area (Å²) in [7, 11) is 0. The zero-order valence-corrected chi connectivity index (χ0v) is 16.0. The number of anilines is 1. The van der Waals surface area contributed by atoms with Crippen LogP contribution in [0.15, 0.2) is 48.5 Å². The highest BCUT2D eigenvalue weighted by Crippen LogP contribution is 2.29. The number of alkyl halides is 3. The molecule has 162 valence electrons. The van der Waals surface area contributed by atoms with Crippen LogP contribution >= 0.6 is 0 Å². The maximum atomic E-state index is 12.7. The second-order valence-corrected chi connectivity index (χ2v) is 7.14. The highest BCUT2D eigenvalue weighted by atomic mass is 19.4. The van der Waals surface area contributed by atoms with Gasteiger partial charge in [0, 0.05) is 24.7 Å². The Labute approximate surface area is 174 Å². The number of rotatable bonds is 4. The van der Waals surface area contributed by atoms with Crippen molar-refractivity contribution in [2.75, 3.05) is 11.4 Å². The van der Waals surface area contributed by atoms with E-state index < -0.39 is 42.0 Å². The first kappa shape index (κ1) is 20.7. The number of cyclic esters (lactones) is 1. The molecule has 2 heterocycles. The molecule has 0 saturated carbocycles. The van der Waals surface area contributed by atoms with E-state index in [1.807, 2.05) is 0 Å². The molecule has 4 rings (SSSR count). The first-order valence-corrected chi connectivity index (χ1v) is 9.48. The second-order valence-electron chi connectivity index (χ2n) is 7.14. The highest BCUT2D eigenvalue weighted by Gasteiger charge is 2.38. The smallest absolute Gasteiger partial charge is 0.448 e. The van der Waals surface area contributed by atoms with Gasteiger partial charge in [-0.3, -0.25) is 9.59 Å². The SMILES string of the molecule is O=C1O[C@H](C(=O)N[C@@H]2CCN(c3cccc(OC(F)(F)F)c3)C2=O)Cc2ccccc21. The van der Waals surface area contributed by atoms with Gasteiger partial charge >= 0.3 is 12.3 Å². The zero-order chi connectivity index (χ0) is 22.2. The summed E-state index contributed by atoms with van der Waals surface area (Å²) < 4.78 is 46.4. The van der Waals surface area contributed by atoms with Crippen LogP contribution in [0.5, 0.6) is 5.75 Å². The number of ether oxygens (including phenoxy) is 2. The van der Waals surface area contributed by atoms with Crippen molar-refractivity contribution >= 4 is 23.5 Å². The third-order valence-corrected chi connectivity index (χ3v) is 5.07. The average Bonchev–Trinajstić information content (AvgIpc) is 3.07. The molecule has 0 radical (unpaired) electrons. The number of hydrogen-bond donors (Lipinski definition) is 1. The third kappa shape index (κ3) is 4.47. The van der Waals surface area contributed by atoms with Gasteiger partial charge in [0.15, 0.2) is 6.10 Å². The number of amides is 2. The number of halogens is 3. The van der Waals surface area contributed by atoms with Gasteiger partial charge in [-0.05, 0) is 30.2 Å². The molecule has 0 bridgehead atoms. The van der Waals surface area contributed by atoms with Crippen LogP contribution in [-0.4, -0.2) is 42.8 Å². The zero-order valence-electron chi connectivity index (χ0n) is 16.0. The fourth-order valence-corrected chi connectivity index (χ4v) is 3.66. The van der Waals surface area contributed by atoms with E-state index in [2.05, 4.69) is 10.1 Å². The van der Waals surface area contributed by atoms with E-state index >= 15 is 0 Å². The minimum Gasteiger partial charge on any atom is -0.448 e. The van der Waals surface area contributed by atoms with Crippen LogP contribution in [0.2, 0.25) is 0 Å². The number of esters is 1. The number of nitrogens with zero attached hydrogens (tertiary/aromatic N) is 1. The fourth-order valence-electron chi connectivity index (χ4n) is 3.66. The van der Waals surface area contributed by atoms with Crippen molar-refractivity contribution in [1.82, 2.24) is 5.32 Å². The number of benzene rings is 2. The molecule has 1 N–H and O–H groups in total. The molecule has 0 aromatic heterocycles. The fraction of sp³-hybridized carbons (Fsp3) is 0.286. The second kappa shape index (κ2) is 7.93. The van der Waals surface area contributed by atoms with Crippen LogP contribution < -0.4 is 15.0 Å². The Bertz CT molecular complexity index is 1040. The van der Waals surface area contributed by atoms with Crippen LogP contribution in [0, 0.1) is 0 Å². The molecule has 7 nitrogen and oxygen atoms in total. The minimum atomic E-state index is -4.85. The predicted octanol–water partition coefficient (Wildman–Crippen LogP) is 2.59. The Morgan fingerprint density at radius 3 is 2.68 bits per heavy atom. The van der Waals surface area contributed by atoms with Crippen LogP contribution in [0.25, 0.3) is 0 Å². The van der Waals surface area contributed by atoms with E-state index in [1.54, 1.807) is 24.3 Å². The van der Waals surface area contributed by atoms with E-state index in [0.29, 0.717) is 11.1 Å². The van der Waals surface area contributed by atoms with Gasteiger partial charge in [-0.2, -0.15) is 0 Å². The molecule has 2 aliphatic rings. The standard InChI is InChI=1S/C21H17F3N2O5/c22-21(23,24)31-14-6-3-5-13(11-14)26-9-8-16(19(26)28)25-18(27)17-10-12-4-1-2-7-15(12)20(29)30-17/h1-7,11,16-17H,8-10H2,(H,25,27)/t16-,17+/m1/s1. The monoisotopic (exact) mass is 434 g/mol. The summed E-state index contributed by atoms with van der Waals surface area (Å²) in [6.45, 7) is 0.201. The Morgan fingerprint density at radius 2 is 1.90 bits per heavy atom. The summed E-state index contributed by atoms with van der Waals surface area (Å²) in [4.78, 5) is 38.7. The van der Waals surface area contributed by atoms with Crippen LogP contribution in [0.4, 0.5) is 18.9 Å². The molecule has 0 unspecified atom stereocenters. The molecule has 10 heteroatoms. The van der Waals surface area contributed by atoms with Crippen molar-refractivity contribution in [3.05, 3.63) is 59.7 Å². The Hall–Kier alpha value is -3.56. The molecule has 2 aromatic carbocycles. The van der Waals surface area contributed by atoms with Crippen molar-refractivity contribution in [3.8, 4) is 5.75 Å². The molecule has 31 heavy (non-hydrogen) atoms. The summed E-state index contributed by atoms with van der Waals surface area (Å²) in [6.07, 6.45) is -5.46. The van der Waals surface area contributed by atoms with Crippen LogP contribution in [0.1, 0.15) is 22.3 Å². The van der Waals surface area contributed by atoms with Gasteiger partial charge in [0.1, 0.15) is 11.8 Å². The predicted molar refractivity (Wildman–Crippen MR) is 101 cm³/mol. The van der Waals surface area contributed by atoms with E-state index in [9.17, 15) is 27.6 Å². The van der Waals surface area contributed by atoms with Crippen molar-refractivity contribution in [2.24, 2.45) is 0 Å². The van der Waals surface area contributed by atoms with E-state index in [4.69, 9.17) is 4.74 Å². The molecule has 2 aliphatic heterocycles. The molecule has 0 aliphatic carbocycles. The Balaban J connectivity index is 1.42. The van der Waals surface area contributed by atoms with E-state index in [-0.39, 0.29) is 25.1 Å². The normalized spacial score (nSPS) is 20.8.